The molecule has 8 nitrogen and oxygen atoms in total. The van der Waals surface area contributed by atoms with E-state index in [0.717, 1.165) is 4.88 Å². The summed E-state index contributed by atoms with van der Waals surface area (Å²) in [6.45, 7) is 0. The van der Waals surface area contributed by atoms with Gasteiger partial charge in [-0.1, -0.05) is 22.8 Å². The number of amides is 1. The molecule has 0 saturated heterocycles. The van der Waals surface area contributed by atoms with Crippen molar-refractivity contribution in [1.82, 2.24) is 10.2 Å². The van der Waals surface area contributed by atoms with Crippen LogP contribution >= 0.6 is 22.9 Å². The number of nitrogens with zero attached hydrogens (tertiary/aromatic N) is 3. The average molecular weight is 365 g/mol. The van der Waals surface area contributed by atoms with Crippen LogP contribution in [0.4, 0.5) is 11.7 Å². The van der Waals surface area contributed by atoms with Gasteiger partial charge in [-0.2, -0.15) is 0 Å². The van der Waals surface area contributed by atoms with Gasteiger partial charge in [-0.25, -0.2) is 0 Å². The highest BCUT2D eigenvalue weighted by atomic mass is 35.5. The molecule has 3 rings (SSSR count). The van der Waals surface area contributed by atoms with E-state index in [1.807, 2.05) is 6.07 Å². The van der Waals surface area contributed by atoms with Crippen molar-refractivity contribution in [2.75, 3.05) is 5.32 Å². The van der Waals surface area contributed by atoms with E-state index in [2.05, 4.69) is 15.5 Å². The second-order valence-electron chi connectivity index (χ2n) is 4.65. The van der Waals surface area contributed by atoms with E-state index in [1.165, 1.54) is 35.6 Å². The summed E-state index contributed by atoms with van der Waals surface area (Å²) >= 11 is 7.24. The highest BCUT2D eigenvalue weighted by Crippen LogP contribution is 2.24. The number of hydrogen-bond donors (Lipinski definition) is 1. The largest absolute Gasteiger partial charge is 0.407 e. The first kappa shape index (κ1) is 16.1. The monoisotopic (exact) mass is 364 g/mol. The Kier molecular flexibility index (Phi) is 4.54. The average Bonchev–Trinajstić information content (AvgIpc) is 3.17. The van der Waals surface area contributed by atoms with Gasteiger partial charge >= 0.3 is 6.01 Å². The van der Waals surface area contributed by atoms with E-state index in [1.54, 1.807) is 6.07 Å². The van der Waals surface area contributed by atoms with Crippen LogP contribution in [0.25, 0.3) is 0 Å². The highest BCUT2D eigenvalue weighted by Gasteiger charge is 2.15. The quantitative estimate of drug-likeness (QED) is 0.547. The van der Waals surface area contributed by atoms with Crippen molar-refractivity contribution in [3.8, 4) is 0 Å². The topological polar surface area (TPSA) is 111 Å². The van der Waals surface area contributed by atoms with Gasteiger partial charge in [-0.3, -0.25) is 20.2 Å². The van der Waals surface area contributed by atoms with Crippen molar-refractivity contribution in [2.45, 2.75) is 6.42 Å². The van der Waals surface area contributed by atoms with Crippen molar-refractivity contribution in [3.63, 3.8) is 0 Å². The molecule has 10 heteroatoms. The third kappa shape index (κ3) is 3.76. The summed E-state index contributed by atoms with van der Waals surface area (Å²) in [5.41, 5.74) is -0.0579. The summed E-state index contributed by atoms with van der Waals surface area (Å²) in [5, 5.41) is 20.7. The predicted molar refractivity (Wildman–Crippen MR) is 87.5 cm³/mol. The Bertz CT molecular complexity index is 908. The lowest BCUT2D eigenvalue weighted by molar-refractivity contribution is -0.384. The number of aromatic nitrogens is 2. The number of thiophene rings is 1. The number of hydrogen-bond acceptors (Lipinski definition) is 7. The molecule has 1 N–H and O–H groups in total. The second-order valence-corrected chi connectivity index (χ2v) is 6.44. The second kappa shape index (κ2) is 6.77. The first-order valence-electron chi connectivity index (χ1n) is 6.63. The van der Waals surface area contributed by atoms with Crippen LogP contribution in [-0.4, -0.2) is 21.0 Å². The van der Waals surface area contributed by atoms with E-state index in [-0.39, 0.29) is 17.3 Å². The fraction of sp³-hybridized carbons (Fsp3) is 0.0714. The Morgan fingerprint density at radius 3 is 2.88 bits per heavy atom. The summed E-state index contributed by atoms with van der Waals surface area (Å²) in [4.78, 5) is 23.2. The molecular formula is C14H9ClN4O4S. The minimum atomic E-state index is -0.576. The molecule has 0 aliphatic carbocycles. The van der Waals surface area contributed by atoms with E-state index in [0.29, 0.717) is 16.6 Å². The Balaban J connectivity index is 1.69. The third-order valence-electron chi connectivity index (χ3n) is 2.96. The molecule has 0 saturated carbocycles. The maximum Gasteiger partial charge on any atom is 0.322 e. The number of halogens is 1. The molecule has 24 heavy (non-hydrogen) atoms. The van der Waals surface area contributed by atoms with E-state index >= 15 is 0 Å². The van der Waals surface area contributed by atoms with Crippen LogP contribution in [0.15, 0.2) is 40.8 Å². The molecule has 122 valence electrons. The van der Waals surface area contributed by atoms with E-state index < -0.39 is 10.8 Å². The Hall–Kier alpha value is -2.78. The smallest absolute Gasteiger partial charge is 0.322 e. The van der Waals surface area contributed by atoms with Crippen LogP contribution in [0.2, 0.25) is 4.34 Å². The summed E-state index contributed by atoms with van der Waals surface area (Å²) in [6.07, 6.45) is 0.400. The fourth-order valence-corrected chi connectivity index (χ4v) is 2.98. The molecule has 0 bridgehead atoms. The number of nitrogens with one attached hydrogen (secondary N) is 1. The number of carbonyl (C=O) groups excluding carboxylic acids is 1. The maximum absolute atomic E-state index is 12.1. The van der Waals surface area contributed by atoms with Gasteiger partial charge in [0.25, 0.3) is 11.6 Å². The molecule has 0 aliphatic heterocycles. The maximum atomic E-state index is 12.1. The van der Waals surface area contributed by atoms with Crippen molar-refractivity contribution >= 4 is 40.5 Å². The van der Waals surface area contributed by atoms with E-state index in [4.69, 9.17) is 16.0 Å². The number of nitro groups is 1. The molecule has 2 heterocycles. The first-order valence-corrected chi connectivity index (χ1v) is 7.83. The van der Waals surface area contributed by atoms with Gasteiger partial charge in [0.2, 0.25) is 5.89 Å². The number of rotatable bonds is 5. The Morgan fingerprint density at radius 1 is 1.33 bits per heavy atom. The molecule has 0 aliphatic rings. The number of anilines is 1. The summed E-state index contributed by atoms with van der Waals surface area (Å²) in [5.74, 6) is -0.254. The molecule has 0 radical (unpaired) electrons. The summed E-state index contributed by atoms with van der Waals surface area (Å²) < 4.78 is 6.00. The van der Waals surface area contributed by atoms with Crippen LogP contribution in [0.1, 0.15) is 21.1 Å². The lowest BCUT2D eigenvalue weighted by Gasteiger charge is -2.00. The van der Waals surface area contributed by atoms with Crippen LogP contribution in [-0.2, 0) is 6.42 Å². The number of nitro benzene ring substituents is 1. The van der Waals surface area contributed by atoms with E-state index in [9.17, 15) is 14.9 Å². The van der Waals surface area contributed by atoms with Gasteiger partial charge in [-0.15, -0.1) is 16.4 Å². The number of non-ortho nitro benzene ring substituents is 1. The van der Waals surface area contributed by atoms with Crippen LogP contribution in [0.5, 0.6) is 0 Å². The lowest BCUT2D eigenvalue weighted by Crippen LogP contribution is -2.12. The molecule has 1 aromatic carbocycles. The van der Waals surface area contributed by atoms with Gasteiger partial charge in [0, 0.05) is 22.6 Å². The SMILES string of the molecule is O=C(Nc1nnc(Cc2ccc(Cl)s2)o1)c1cccc([N+](=O)[O-])c1. The lowest BCUT2D eigenvalue weighted by atomic mass is 10.2. The first-order chi connectivity index (χ1) is 11.5. The number of benzene rings is 1. The Morgan fingerprint density at radius 2 is 2.17 bits per heavy atom. The minimum absolute atomic E-state index is 0.0795. The van der Waals surface area contributed by atoms with Crippen molar-refractivity contribution in [1.29, 1.82) is 0 Å². The fourth-order valence-electron chi connectivity index (χ4n) is 1.90. The molecule has 0 atom stereocenters. The summed E-state index contributed by atoms with van der Waals surface area (Å²) in [6, 6.07) is 8.87. The van der Waals surface area contributed by atoms with Crippen molar-refractivity contribution in [2.24, 2.45) is 0 Å². The van der Waals surface area contributed by atoms with Gasteiger partial charge in [-0.05, 0) is 18.2 Å². The summed E-state index contributed by atoms with van der Waals surface area (Å²) in [7, 11) is 0. The molecule has 0 unspecified atom stereocenters. The van der Waals surface area contributed by atoms with Gasteiger partial charge in [0.1, 0.15) is 0 Å². The normalized spacial score (nSPS) is 10.5. The molecule has 2 aromatic heterocycles. The van der Waals surface area contributed by atoms with Crippen molar-refractivity contribution < 1.29 is 14.1 Å². The molecule has 1 amide bonds. The zero-order valence-electron chi connectivity index (χ0n) is 11.9. The molecule has 0 spiro atoms. The molecule has 0 fully saturated rings. The van der Waals surface area contributed by atoms with Crippen LogP contribution < -0.4 is 5.32 Å². The minimum Gasteiger partial charge on any atom is -0.407 e. The zero-order valence-corrected chi connectivity index (χ0v) is 13.5. The highest BCUT2D eigenvalue weighted by molar-refractivity contribution is 7.16. The standard InChI is InChI=1S/C14H9ClN4O4S/c15-11-5-4-10(24-11)7-12-17-18-14(23-12)16-13(20)8-2-1-3-9(6-8)19(21)22/h1-6H,7H2,(H,16,18,20). The van der Waals surface area contributed by atoms with Crippen molar-refractivity contribution in [3.05, 3.63) is 67.2 Å². The van der Waals surface area contributed by atoms with Gasteiger partial charge in [0.05, 0.1) is 15.7 Å². The van der Waals surface area contributed by atoms with Crippen LogP contribution in [0, 0.1) is 10.1 Å². The van der Waals surface area contributed by atoms with Gasteiger partial charge in [0.15, 0.2) is 0 Å². The van der Waals surface area contributed by atoms with Gasteiger partial charge < -0.3 is 4.42 Å². The molecule has 3 aromatic rings. The Labute approximate surface area is 144 Å². The molecular weight excluding hydrogens is 356 g/mol. The predicted octanol–water partition coefficient (Wildman–Crippen LogP) is 3.54. The zero-order chi connectivity index (χ0) is 17.1. The van der Waals surface area contributed by atoms with Crippen LogP contribution in [0.3, 0.4) is 0 Å². The third-order valence-corrected chi connectivity index (χ3v) is 4.19. The number of carbonyl (C=O) groups is 1.